The van der Waals surface area contributed by atoms with Gasteiger partial charge in [-0.25, -0.2) is 0 Å². The van der Waals surface area contributed by atoms with E-state index < -0.39 is 0 Å². The fourth-order valence-electron chi connectivity index (χ4n) is 1.63. The maximum Gasteiger partial charge on any atom is 0.181 e. The third kappa shape index (κ3) is 2.75. The molecule has 0 atom stereocenters. The summed E-state index contributed by atoms with van der Waals surface area (Å²) in [6.07, 6.45) is 2.78. The minimum atomic E-state index is 0.134. The first-order valence-electron chi connectivity index (χ1n) is 5.47. The van der Waals surface area contributed by atoms with Crippen molar-refractivity contribution in [1.82, 2.24) is 4.98 Å². The molecule has 0 amide bonds. The zero-order valence-corrected chi connectivity index (χ0v) is 9.97. The molecule has 2 aromatic rings. The molecule has 1 N–H and O–H groups in total. The van der Waals surface area contributed by atoms with Gasteiger partial charge in [0, 0.05) is 12.3 Å². The van der Waals surface area contributed by atoms with Crippen molar-refractivity contribution in [3.05, 3.63) is 53.3 Å². The summed E-state index contributed by atoms with van der Waals surface area (Å²) in [4.78, 5) is 3.93. The van der Waals surface area contributed by atoms with Crippen molar-refractivity contribution in [1.29, 1.82) is 0 Å². The normalized spacial score (nSPS) is 10.9. The number of hydrogen-bond donors (Lipinski definition) is 1. The number of aromatic hydroxyl groups is 1. The standard InChI is InChI=1S/C7H9NO2.C7H6/c1-5-7(10-2)6(9)3-4-8-5;1-2-4-7-5-6(7)3-1/h3-4H,1-2H3,(H,8,9);1-4H,5H2. The Morgan fingerprint density at radius 3 is 2.24 bits per heavy atom. The first-order valence-corrected chi connectivity index (χ1v) is 5.47. The van der Waals surface area contributed by atoms with Gasteiger partial charge in [-0.1, -0.05) is 24.3 Å². The topological polar surface area (TPSA) is 42.4 Å². The van der Waals surface area contributed by atoms with Crippen molar-refractivity contribution >= 4 is 0 Å². The molecule has 0 radical (unpaired) electrons. The number of rotatable bonds is 1. The van der Waals surface area contributed by atoms with Crippen molar-refractivity contribution < 1.29 is 9.84 Å². The van der Waals surface area contributed by atoms with E-state index in [4.69, 9.17) is 9.84 Å². The van der Waals surface area contributed by atoms with E-state index in [2.05, 4.69) is 29.2 Å². The first-order chi connectivity index (χ1) is 8.22. The molecule has 1 aromatic carbocycles. The van der Waals surface area contributed by atoms with E-state index in [9.17, 15) is 0 Å². The second-order valence-electron chi connectivity index (χ2n) is 3.89. The fourth-order valence-corrected chi connectivity index (χ4v) is 1.63. The first kappa shape index (κ1) is 11.5. The zero-order chi connectivity index (χ0) is 12.3. The summed E-state index contributed by atoms with van der Waals surface area (Å²) in [5, 5.41) is 9.13. The maximum absolute atomic E-state index is 9.13. The second-order valence-corrected chi connectivity index (χ2v) is 3.89. The van der Waals surface area contributed by atoms with Crippen molar-refractivity contribution in [2.24, 2.45) is 0 Å². The van der Waals surface area contributed by atoms with Crippen LogP contribution in [0.4, 0.5) is 0 Å². The average Bonchev–Trinajstić information content (AvgIpc) is 3.09. The van der Waals surface area contributed by atoms with E-state index in [1.54, 1.807) is 6.92 Å². The quantitative estimate of drug-likeness (QED) is 0.697. The molecule has 1 aliphatic carbocycles. The molecule has 3 nitrogen and oxygen atoms in total. The lowest BCUT2D eigenvalue weighted by molar-refractivity contribution is 0.368. The van der Waals surface area contributed by atoms with Crippen LogP contribution in [0.5, 0.6) is 11.5 Å². The zero-order valence-electron chi connectivity index (χ0n) is 9.97. The highest BCUT2D eigenvalue weighted by molar-refractivity contribution is 5.44. The number of hydrogen-bond acceptors (Lipinski definition) is 3. The van der Waals surface area contributed by atoms with Crippen molar-refractivity contribution in [2.75, 3.05) is 7.11 Å². The SMILES string of the molecule is COc1c(O)ccnc1C.c1ccc2c(c1)C2. The summed E-state index contributed by atoms with van der Waals surface area (Å²) >= 11 is 0. The van der Waals surface area contributed by atoms with Gasteiger partial charge in [-0.3, -0.25) is 4.98 Å². The van der Waals surface area contributed by atoms with Crippen molar-refractivity contribution in [3.63, 3.8) is 0 Å². The minimum Gasteiger partial charge on any atom is -0.504 e. The summed E-state index contributed by atoms with van der Waals surface area (Å²) in [5.74, 6) is 0.581. The predicted octanol–water partition coefficient (Wildman–Crippen LogP) is 2.70. The van der Waals surface area contributed by atoms with Crippen LogP contribution in [0.2, 0.25) is 0 Å². The van der Waals surface area contributed by atoms with Crippen LogP contribution in [-0.4, -0.2) is 17.2 Å². The molecule has 88 valence electrons. The van der Waals surface area contributed by atoms with Crippen LogP contribution in [0.25, 0.3) is 0 Å². The van der Waals surface area contributed by atoms with Gasteiger partial charge in [-0.2, -0.15) is 0 Å². The molecule has 1 aromatic heterocycles. The molecule has 0 saturated heterocycles. The van der Waals surface area contributed by atoms with Gasteiger partial charge in [0.15, 0.2) is 11.5 Å². The highest BCUT2D eigenvalue weighted by Gasteiger charge is 2.12. The Morgan fingerprint density at radius 2 is 1.82 bits per heavy atom. The van der Waals surface area contributed by atoms with Gasteiger partial charge in [-0.05, 0) is 24.5 Å². The number of ether oxygens (including phenoxy) is 1. The third-order valence-corrected chi connectivity index (χ3v) is 2.64. The van der Waals surface area contributed by atoms with E-state index in [1.165, 1.54) is 36.9 Å². The van der Waals surface area contributed by atoms with Crippen LogP contribution in [0.15, 0.2) is 36.5 Å². The summed E-state index contributed by atoms with van der Waals surface area (Å²) in [6.45, 7) is 1.78. The molecule has 3 rings (SSSR count). The third-order valence-electron chi connectivity index (χ3n) is 2.64. The number of aryl methyl sites for hydroxylation is 1. The number of fused-ring (bicyclic) bond motifs is 1. The average molecular weight is 229 g/mol. The molecular weight excluding hydrogens is 214 g/mol. The van der Waals surface area contributed by atoms with Gasteiger partial charge in [0.25, 0.3) is 0 Å². The molecule has 0 fully saturated rings. The van der Waals surface area contributed by atoms with Gasteiger partial charge in [0.05, 0.1) is 12.8 Å². The Hall–Kier alpha value is -2.03. The molecule has 17 heavy (non-hydrogen) atoms. The van der Waals surface area contributed by atoms with Gasteiger partial charge >= 0.3 is 0 Å². The Labute approximate surface area is 101 Å². The van der Waals surface area contributed by atoms with Crippen LogP contribution >= 0.6 is 0 Å². The van der Waals surface area contributed by atoms with E-state index in [0.29, 0.717) is 11.4 Å². The lowest BCUT2D eigenvalue weighted by Crippen LogP contribution is -1.89. The van der Waals surface area contributed by atoms with Gasteiger partial charge in [0.2, 0.25) is 0 Å². The summed E-state index contributed by atoms with van der Waals surface area (Å²) < 4.78 is 4.86. The number of aromatic nitrogens is 1. The molecule has 0 unspecified atom stereocenters. The fraction of sp³-hybridized carbons (Fsp3) is 0.214. The Bertz CT molecular complexity index is 482. The monoisotopic (exact) mass is 229 g/mol. The van der Waals surface area contributed by atoms with Crippen LogP contribution in [-0.2, 0) is 6.42 Å². The molecule has 0 bridgehead atoms. The van der Waals surface area contributed by atoms with Crippen LogP contribution in [0.3, 0.4) is 0 Å². The van der Waals surface area contributed by atoms with Crippen molar-refractivity contribution in [2.45, 2.75) is 13.3 Å². The number of benzene rings is 1. The van der Waals surface area contributed by atoms with Gasteiger partial charge in [0.1, 0.15) is 0 Å². The van der Waals surface area contributed by atoms with Gasteiger partial charge in [-0.15, -0.1) is 0 Å². The van der Waals surface area contributed by atoms with Crippen molar-refractivity contribution in [3.8, 4) is 11.5 Å². The minimum absolute atomic E-state index is 0.134. The van der Waals surface area contributed by atoms with E-state index in [0.717, 1.165) is 0 Å². The molecule has 0 aliphatic heterocycles. The number of nitrogens with zero attached hydrogens (tertiary/aromatic N) is 1. The highest BCUT2D eigenvalue weighted by atomic mass is 16.5. The number of methoxy groups -OCH3 is 1. The van der Waals surface area contributed by atoms with E-state index >= 15 is 0 Å². The van der Waals surface area contributed by atoms with E-state index in [1.807, 2.05) is 0 Å². The molecular formula is C14H15NO2. The van der Waals surface area contributed by atoms with E-state index in [-0.39, 0.29) is 5.75 Å². The number of pyridine rings is 1. The van der Waals surface area contributed by atoms with Crippen LogP contribution in [0, 0.1) is 6.92 Å². The Morgan fingerprint density at radius 1 is 1.18 bits per heavy atom. The van der Waals surface area contributed by atoms with Crippen LogP contribution in [0.1, 0.15) is 16.8 Å². The highest BCUT2D eigenvalue weighted by Crippen LogP contribution is 2.26. The maximum atomic E-state index is 9.13. The summed E-state index contributed by atoms with van der Waals surface area (Å²) in [7, 11) is 1.50. The molecule has 0 saturated carbocycles. The second kappa shape index (κ2) is 4.87. The lowest BCUT2D eigenvalue weighted by Gasteiger charge is -2.03. The molecule has 3 heteroatoms. The Kier molecular flexibility index (Phi) is 3.28. The Balaban J connectivity index is 0.000000134. The van der Waals surface area contributed by atoms with Crippen LogP contribution < -0.4 is 4.74 Å². The molecule has 0 spiro atoms. The molecule has 1 heterocycles. The summed E-state index contributed by atoms with van der Waals surface area (Å²) in [5.41, 5.74) is 3.76. The largest absolute Gasteiger partial charge is 0.504 e. The summed E-state index contributed by atoms with van der Waals surface area (Å²) in [6, 6.07) is 10.0. The van der Waals surface area contributed by atoms with Gasteiger partial charge < -0.3 is 9.84 Å². The molecule has 1 aliphatic rings. The smallest absolute Gasteiger partial charge is 0.181 e. The lowest BCUT2D eigenvalue weighted by atomic mass is 10.3. The predicted molar refractivity (Wildman–Crippen MR) is 66.4 cm³/mol.